The fourth-order valence-corrected chi connectivity index (χ4v) is 4.67. The molecular formula is C25H25ClF3N5O3. The van der Waals surface area contributed by atoms with Gasteiger partial charge in [0.25, 0.3) is 5.91 Å². The van der Waals surface area contributed by atoms with Crippen LogP contribution in [0.2, 0.25) is 5.02 Å². The third kappa shape index (κ3) is 5.51. The molecule has 196 valence electrons. The van der Waals surface area contributed by atoms with Crippen LogP contribution in [0.5, 0.6) is 5.75 Å². The van der Waals surface area contributed by atoms with Gasteiger partial charge in [-0.15, -0.1) is 0 Å². The number of carbonyl (C=O) groups excluding carboxylic acids is 2. The molecule has 12 heteroatoms. The molecule has 0 spiro atoms. The van der Waals surface area contributed by atoms with Crippen LogP contribution in [0.3, 0.4) is 0 Å². The maximum Gasteiger partial charge on any atom is 0.315 e. The average Bonchev–Trinajstić information content (AvgIpc) is 3.26. The number of halogens is 4. The molecule has 3 amide bonds. The van der Waals surface area contributed by atoms with Crippen molar-refractivity contribution in [1.29, 1.82) is 0 Å². The third-order valence-corrected chi connectivity index (χ3v) is 6.68. The topological polar surface area (TPSA) is 109 Å². The van der Waals surface area contributed by atoms with Crippen LogP contribution in [0.4, 0.5) is 18.0 Å². The number of nitrogens with zero attached hydrogens (tertiary/aromatic N) is 2. The van der Waals surface area contributed by atoms with E-state index in [9.17, 15) is 22.8 Å². The standard InChI is InChI=1S/C25H25ClF3N5O3/c1-12-22(30)18(23(31-2)13-5-14(27)7-15(28)6-13)3-4-34(12)24(35)19-8-16(29)9-20(21(19)26)37-11-17-10-32-25(36)33-17/h5-9,12,17H,3-4,10-11,30H2,1-2H3,(H2,32,33,36)/t12-,17-/m0/s1. The van der Waals surface area contributed by atoms with Crippen LogP contribution in [0.1, 0.15) is 29.3 Å². The number of aliphatic imine (C=N–C) groups is 1. The summed E-state index contributed by atoms with van der Waals surface area (Å²) >= 11 is 6.43. The minimum Gasteiger partial charge on any atom is -0.490 e. The summed E-state index contributed by atoms with van der Waals surface area (Å²) in [5.74, 6) is -2.82. The van der Waals surface area contributed by atoms with Crippen molar-refractivity contribution in [3.63, 3.8) is 0 Å². The quantitative estimate of drug-likeness (QED) is 0.493. The Kier molecular flexibility index (Phi) is 7.63. The maximum atomic E-state index is 14.4. The number of hydrogen-bond donors (Lipinski definition) is 3. The number of ether oxygens (including phenoxy) is 1. The number of nitrogens with one attached hydrogen (secondary N) is 2. The SMILES string of the molecule is CN=C(C1=C(N)[C@H](C)N(C(=O)c2cc(F)cc(OC[C@@H]3CNC(=O)N3)c2Cl)CC1)c1cc(F)cc(F)c1. The van der Waals surface area contributed by atoms with Gasteiger partial charge in [0.1, 0.15) is 29.8 Å². The van der Waals surface area contributed by atoms with Gasteiger partial charge in [-0.05, 0) is 31.5 Å². The second-order valence-electron chi connectivity index (χ2n) is 8.72. The highest BCUT2D eigenvalue weighted by Gasteiger charge is 2.33. The first kappa shape index (κ1) is 26.3. The number of rotatable bonds is 6. The van der Waals surface area contributed by atoms with Gasteiger partial charge in [0.15, 0.2) is 0 Å². The van der Waals surface area contributed by atoms with E-state index in [-0.39, 0.29) is 53.5 Å². The Morgan fingerprint density at radius 2 is 1.86 bits per heavy atom. The summed E-state index contributed by atoms with van der Waals surface area (Å²) in [6, 6.07) is 3.86. The van der Waals surface area contributed by atoms with E-state index >= 15 is 0 Å². The molecule has 1 saturated heterocycles. The van der Waals surface area contributed by atoms with Gasteiger partial charge in [-0.25, -0.2) is 18.0 Å². The highest BCUT2D eigenvalue weighted by Crippen LogP contribution is 2.33. The lowest BCUT2D eigenvalue weighted by molar-refractivity contribution is 0.0705. The summed E-state index contributed by atoms with van der Waals surface area (Å²) in [4.78, 5) is 30.4. The van der Waals surface area contributed by atoms with E-state index in [4.69, 9.17) is 22.1 Å². The van der Waals surface area contributed by atoms with E-state index < -0.39 is 29.4 Å². The zero-order chi connectivity index (χ0) is 26.9. The average molecular weight is 536 g/mol. The number of urea groups is 1. The maximum absolute atomic E-state index is 14.4. The van der Waals surface area contributed by atoms with Crippen molar-refractivity contribution >= 4 is 29.3 Å². The molecule has 37 heavy (non-hydrogen) atoms. The van der Waals surface area contributed by atoms with E-state index in [2.05, 4.69) is 15.6 Å². The molecule has 2 aliphatic rings. The Morgan fingerprint density at radius 1 is 1.19 bits per heavy atom. The third-order valence-electron chi connectivity index (χ3n) is 6.29. The first-order valence-corrected chi connectivity index (χ1v) is 11.9. The van der Waals surface area contributed by atoms with Crippen LogP contribution in [0.15, 0.2) is 46.6 Å². The lowest BCUT2D eigenvalue weighted by atomic mass is 9.91. The second-order valence-corrected chi connectivity index (χ2v) is 9.09. The predicted octanol–water partition coefficient (Wildman–Crippen LogP) is 3.38. The summed E-state index contributed by atoms with van der Waals surface area (Å²) < 4.78 is 47.7. The van der Waals surface area contributed by atoms with Crippen molar-refractivity contribution in [2.45, 2.75) is 25.4 Å². The summed E-state index contributed by atoms with van der Waals surface area (Å²) in [6.07, 6.45) is 0.247. The lowest BCUT2D eigenvalue weighted by Gasteiger charge is -2.36. The lowest BCUT2D eigenvalue weighted by Crippen LogP contribution is -2.46. The van der Waals surface area contributed by atoms with E-state index in [1.54, 1.807) is 6.92 Å². The van der Waals surface area contributed by atoms with Gasteiger partial charge < -0.3 is 26.0 Å². The Morgan fingerprint density at radius 3 is 2.49 bits per heavy atom. The van der Waals surface area contributed by atoms with Gasteiger partial charge in [-0.2, -0.15) is 0 Å². The molecular weight excluding hydrogens is 511 g/mol. The zero-order valence-electron chi connectivity index (χ0n) is 20.1. The number of benzene rings is 2. The second kappa shape index (κ2) is 10.7. The number of amides is 3. The minimum absolute atomic E-state index is 0.0223. The molecule has 0 radical (unpaired) electrons. The van der Waals surface area contributed by atoms with Gasteiger partial charge in [0.05, 0.1) is 28.4 Å². The molecule has 1 fully saturated rings. The van der Waals surface area contributed by atoms with Crippen LogP contribution in [0, 0.1) is 17.5 Å². The summed E-state index contributed by atoms with van der Waals surface area (Å²) in [6.45, 7) is 2.22. The van der Waals surface area contributed by atoms with Crippen LogP contribution in [-0.4, -0.2) is 61.4 Å². The van der Waals surface area contributed by atoms with Crippen molar-refractivity contribution < 1.29 is 27.5 Å². The fourth-order valence-electron chi connectivity index (χ4n) is 4.43. The fraction of sp³-hybridized carbons (Fsp3) is 0.320. The normalized spacial score (nSPS) is 20.1. The molecule has 2 heterocycles. The summed E-state index contributed by atoms with van der Waals surface area (Å²) in [5.41, 5.74) is 7.69. The Hall–Kier alpha value is -3.73. The summed E-state index contributed by atoms with van der Waals surface area (Å²) in [5, 5.41) is 5.15. The summed E-state index contributed by atoms with van der Waals surface area (Å²) in [7, 11) is 1.49. The van der Waals surface area contributed by atoms with E-state index in [0.717, 1.165) is 30.3 Å². The number of nitrogens with two attached hydrogens (primary N) is 1. The molecule has 4 rings (SSSR count). The van der Waals surface area contributed by atoms with Crippen molar-refractivity contribution in [1.82, 2.24) is 15.5 Å². The van der Waals surface area contributed by atoms with E-state index in [1.807, 2.05) is 0 Å². The largest absolute Gasteiger partial charge is 0.490 e. The molecule has 0 unspecified atom stereocenters. The van der Waals surface area contributed by atoms with Crippen LogP contribution in [0.25, 0.3) is 0 Å². The smallest absolute Gasteiger partial charge is 0.315 e. The van der Waals surface area contributed by atoms with Crippen LogP contribution in [-0.2, 0) is 0 Å². The monoisotopic (exact) mass is 535 g/mol. The van der Waals surface area contributed by atoms with Gasteiger partial charge in [-0.3, -0.25) is 9.79 Å². The Balaban J connectivity index is 1.57. The van der Waals surface area contributed by atoms with Crippen molar-refractivity contribution in [3.8, 4) is 5.75 Å². The Bertz CT molecular complexity index is 1300. The van der Waals surface area contributed by atoms with Crippen molar-refractivity contribution in [2.24, 2.45) is 10.7 Å². The van der Waals surface area contributed by atoms with Gasteiger partial charge in [0.2, 0.25) is 0 Å². The van der Waals surface area contributed by atoms with Gasteiger partial charge in [0, 0.05) is 49.1 Å². The van der Waals surface area contributed by atoms with Gasteiger partial charge >= 0.3 is 6.03 Å². The highest BCUT2D eigenvalue weighted by molar-refractivity contribution is 6.35. The van der Waals surface area contributed by atoms with Crippen LogP contribution >= 0.6 is 11.6 Å². The van der Waals surface area contributed by atoms with E-state index in [0.29, 0.717) is 23.5 Å². The predicted molar refractivity (Wildman–Crippen MR) is 132 cm³/mol. The number of hydrogen-bond acceptors (Lipinski definition) is 5. The van der Waals surface area contributed by atoms with Crippen molar-refractivity contribution in [3.05, 3.63) is 75.2 Å². The first-order chi connectivity index (χ1) is 17.6. The zero-order valence-corrected chi connectivity index (χ0v) is 20.8. The van der Waals surface area contributed by atoms with Gasteiger partial charge in [-0.1, -0.05) is 11.6 Å². The Labute approximate surface area is 216 Å². The molecule has 2 aliphatic heterocycles. The number of carbonyl (C=O) groups is 2. The molecule has 0 aliphatic carbocycles. The first-order valence-electron chi connectivity index (χ1n) is 11.5. The minimum atomic E-state index is -0.749. The molecule has 2 atom stereocenters. The van der Waals surface area contributed by atoms with E-state index in [1.165, 1.54) is 11.9 Å². The molecule has 0 bridgehead atoms. The highest BCUT2D eigenvalue weighted by atomic mass is 35.5. The molecule has 2 aromatic rings. The molecule has 0 saturated carbocycles. The molecule has 2 aromatic carbocycles. The molecule has 8 nitrogen and oxygen atoms in total. The van der Waals surface area contributed by atoms with Crippen LogP contribution < -0.4 is 21.1 Å². The molecule has 0 aromatic heterocycles. The molecule has 4 N–H and O–H groups in total. The van der Waals surface area contributed by atoms with Crippen molar-refractivity contribution in [2.75, 3.05) is 26.7 Å².